The van der Waals surface area contributed by atoms with E-state index < -0.39 is 5.97 Å². The fourth-order valence-corrected chi connectivity index (χ4v) is 3.09. The van der Waals surface area contributed by atoms with Crippen molar-refractivity contribution in [3.05, 3.63) is 83.6 Å². The number of esters is 1. The molecule has 1 heterocycles. The number of ether oxygens (including phenoxy) is 2. The van der Waals surface area contributed by atoms with Gasteiger partial charge in [0.2, 0.25) is 5.90 Å². The maximum Gasteiger partial charge on any atom is 0.363 e. The van der Waals surface area contributed by atoms with Gasteiger partial charge in [0.1, 0.15) is 5.75 Å². The molecule has 0 amide bonds. The molecular formula is C24H21NO3. The number of benzene rings is 3. The molecule has 28 heavy (non-hydrogen) atoms. The molecule has 0 N–H and O–H groups in total. The minimum absolute atomic E-state index is 0.294. The fourth-order valence-electron chi connectivity index (χ4n) is 3.09. The highest BCUT2D eigenvalue weighted by atomic mass is 16.6. The largest absolute Gasteiger partial charge is 0.494 e. The van der Waals surface area contributed by atoms with Gasteiger partial charge in [-0.05, 0) is 47.0 Å². The number of cyclic esters (lactones) is 1. The molecule has 4 nitrogen and oxygen atoms in total. The van der Waals surface area contributed by atoms with Crippen LogP contribution in [0, 0.1) is 0 Å². The Balaban J connectivity index is 1.58. The average molecular weight is 371 g/mol. The summed E-state index contributed by atoms with van der Waals surface area (Å²) in [5.41, 5.74) is 1.98. The van der Waals surface area contributed by atoms with E-state index in [1.165, 1.54) is 0 Å². The van der Waals surface area contributed by atoms with E-state index in [-0.39, 0.29) is 0 Å². The Kier molecular flexibility index (Phi) is 5.20. The van der Waals surface area contributed by atoms with E-state index in [1.807, 2.05) is 66.7 Å². The highest BCUT2D eigenvalue weighted by Crippen LogP contribution is 2.25. The average Bonchev–Trinajstić information content (AvgIpc) is 3.09. The summed E-state index contributed by atoms with van der Waals surface area (Å²) in [6.07, 6.45) is 3.86. The van der Waals surface area contributed by atoms with Gasteiger partial charge in [-0.1, -0.05) is 61.9 Å². The minimum atomic E-state index is -0.439. The monoisotopic (exact) mass is 371 g/mol. The summed E-state index contributed by atoms with van der Waals surface area (Å²) in [6.45, 7) is 2.84. The van der Waals surface area contributed by atoms with Crippen molar-refractivity contribution in [2.24, 2.45) is 4.99 Å². The van der Waals surface area contributed by atoms with Crippen LogP contribution < -0.4 is 4.74 Å². The molecule has 0 radical (unpaired) electrons. The molecule has 3 aromatic rings. The number of nitrogens with zero attached hydrogens (tertiary/aromatic N) is 1. The smallest absolute Gasteiger partial charge is 0.363 e. The van der Waals surface area contributed by atoms with Gasteiger partial charge in [-0.15, -0.1) is 0 Å². The van der Waals surface area contributed by atoms with Gasteiger partial charge in [-0.2, -0.15) is 0 Å². The van der Waals surface area contributed by atoms with Crippen molar-refractivity contribution >= 4 is 28.7 Å². The number of hydrogen-bond donors (Lipinski definition) is 0. The van der Waals surface area contributed by atoms with Crippen molar-refractivity contribution in [3.8, 4) is 5.75 Å². The van der Waals surface area contributed by atoms with Gasteiger partial charge in [0.15, 0.2) is 5.70 Å². The summed E-state index contributed by atoms with van der Waals surface area (Å²) in [6, 6.07) is 21.5. The van der Waals surface area contributed by atoms with Gasteiger partial charge in [0.25, 0.3) is 0 Å². The van der Waals surface area contributed by atoms with Crippen LogP contribution in [0.4, 0.5) is 0 Å². The third-order valence-electron chi connectivity index (χ3n) is 4.59. The summed E-state index contributed by atoms with van der Waals surface area (Å²) in [4.78, 5) is 16.8. The molecule has 1 aliphatic heterocycles. The molecule has 0 aromatic heterocycles. The first-order valence-electron chi connectivity index (χ1n) is 9.48. The highest BCUT2D eigenvalue weighted by molar-refractivity contribution is 6.17. The molecule has 4 heteroatoms. The Morgan fingerprint density at radius 3 is 2.61 bits per heavy atom. The molecule has 0 bridgehead atoms. The van der Waals surface area contributed by atoms with Crippen molar-refractivity contribution in [2.75, 3.05) is 6.61 Å². The third-order valence-corrected chi connectivity index (χ3v) is 4.59. The van der Waals surface area contributed by atoms with Crippen LogP contribution in [0.15, 0.2) is 77.4 Å². The SMILES string of the molecule is CCCCOc1ccc(/C=C2\N=C(c3cccc4ccccc34)OC2=O)cc1. The van der Waals surface area contributed by atoms with Crippen LogP contribution in [0.25, 0.3) is 16.8 Å². The van der Waals surface area contributed by atoms with Crippen molar-refractivity contribution in [2.45, 2.75) is 19.8 Å². The standard InChI is InChI=1S/C24H21NO3/c1-2-3-15-27-19-13-11-17(12-14-19)16-22-24(26)28-23(25-22)21-10-6-8-18-7-4-5-9-20(18)21/h4-14,16H,2-3,15H2,1H3/b22-16-. The number of hydrogen-bond acceptors (Lipinski definition) is 4. The van der Waals surface area contributed by atoms with E-state index in [4.69, 9.17) is 9.47 Å². The molecule has 3 aromatic carbocycles. The Bertz CT molecular complexity index is 1060. The summed E-state index contributed by atoms with van der Waals surface area (Å²) in [7, 11) is 0. The third kappa shape index (κ3) is 3.81. The molecule has 0 atom stereocenters. The number of fused-ring (bicyclic) bond motifs is 1. The van der Waals surface area contributed by atoms with Crippen molar-refractivity contribution in [1.29, 1.82) is 0 Å². The lowest BCUT2D eigenvalue weighted by Gasteiger charge is -2.05. The van der Waals surface area contributed by atoms with Crippen LogP contribution in [-0.4, -0.2) is 18.5 Å². The van der Waals surface area contributed by atoms with Crippen LogP contribution in [0.3, 0.4) is 0 Å². The fraction of sp³-hybridized carbons (Fsp3) is 0.167. The van der Waals surface area contributed by atoms with E-state index in [0.717, 1.165) is 40.5 Å². The molecule has 4 rings (SSSR count). The lowest BCUT2D eigenvalue weighted by atomic mass is 10.0. The zero-order chi connectivity index (χ0) is 19.3. The van der Waals surface area contributed by atoms with Gasteiger partial charge >= 0.3 is 5.97 Å². The summed E-state index contributed by atoms with van der Waals surface area (Å²) < 4.78 is 11.1. The molecule has 140 valence electrons. The van der Waals surface area contributed by atoms with Crippen LogP contribution >= 0.6 is 0 Å². The van der Waals surface area contributed by atoms with Crippen LogP contribution in [-0.2, 0) is 9.53 Å². The van der Waals surface area contributed by atoms with Crippen LogP contribution in [0.2, 0.25) is 0 Å². The zero-order valence-corrected chi connectivity index (χ0v) is 15.7. The first kappa shape index (κ1) is 18.0. The second-order valence-corrected chi connectivity index (χ2v) is 6.63. The van der Waals surface area contributed by atoms with Crippen molar-refractivity contribution in [1.82, 2.24) is 0 Å². The summed E-state index contributed by atoms with van der Waals surface area (Å²) in [5.74, 6) is 0.725. The van der Waals surface area contributed by atoms with Crippen molar-refractivity contribution < 1.29 is 14.3 Å². The van der Waals surface area contributed by atoms with E-state index in [9.17, 15) is 4.79 Å². The lowest BCUT2D eigenvalue weighted by molar-refractivity contribution is -0.129. The van der Waals surface area contributed by atoms with E-state index in [2.05, 4.69) is 11.9 Å². The van der Waals surface area contributed by atoms with Crippen LogP contribution in [0.5, 0.6) is 5.75 Å². The predicted molar refractivity (Wildman–Crippen MR) is 111 cm³/mol. The number of unbranched alkanes of at least 4 members (excludes halogenated alkanes) is 1. The van der Waals surface area contributed by atoms with Gasteiger partial charge in [-0.25, -0.2) is 9.79 Å². The van der Waals surface area contributed by atoms with Gasteiger partial charge < -0.3 is 9.47 Å². The Morgan fingerprint density at radius 2 is 1.79 bits per heavy atom. The zero-order valence-electron chi connectivity index (χ0n) is 15.7. The molecule has 0 aliphatic carbocycles. The quantitative estimate of drug-likeness (QED) is 0.333. The number of carbonyl (C=O) groups excluding carboxylic acids is 1. The summed E-state index contributed by atoms with van der Waals surface area (Å²) in [5, 5.41) is 2.08. The maximum atomic E-state index is 12.3. The Morgan fingerprint density at radius 1 is 1.00 bits per heavy atom. The van der Waals surface area contributed by atoms with Crippen molar-refractivity contribution in [3.63, 3.8) is 0 Å². The number of rotatable bonds is 6. The molecule has 1 aliphatic rings. The maximum absolute atomic E-state index is 12.3. The van der Waals surface area contributed by atoms with E-state index in [1.54, 1.807) is 6.08 Å². The number of carbonyl (C=O) groups is 1. The topological polar surface area (TPSA) is 47.9 Å². The predicted octanol–water partition coefficient (Wildman–Crippen LogP) is 5.36. The molecule has 0 spiro atoms. The van der Waals surface area contributed by atoms with Gasteiger partial charge in [0, 0.05) is 5.56 Å². The molecular weight excluding hydrogens is 350 g/mol. The van der Waals surface area contributed by atoms with Gasteiger partial charge in [-0.3, -0.25) is 0 Å². The highest BCUT2D eigenvalue weighted by Gasteiger charge is 2.25. The summed E-state index contributed by atoms with van der Waals surface area (Å²) >= 11 is 0. The first-order chi connectivity index (χ1) is 13.7. The normalized spacial score (nSPS) is 15.0. The van der Waals surface area contributed by atoms with Crippen LogP contribution in [0.1, 0.15) is 30.9 Å². The Labute approximate surface area is 164 Å². The second-order valence-electron chi connectivity index (χ2n) is 6.63. The molecule has 0 saturated carbocycles. The molecule has 0 fully saturated rings. The van der Waals surface area contributed by atoms with E-state index >= 15 is 0 Å². The lowest BCUT2D eigenvalue weighted by Crippen LogP contribution is -2.05. The minimum Gasteiger partial charge on any atom is -0.494 e. The first-order valence-corrected chi connectivity index (χ1v) is 9.48. The second kappa shape index (κ2) is 8.09. The van der Waals surface area contributed by atoms with E-state index in [0.29, 0.717) is 18.2 Å². The number of aliphatic imine (C=N–C) groups is 1. The Hall–Kier alpha value is -3.40. The molecule has 0 unspecified atom stereocenters. The molecule has 0 saturated heterocycles. The van der Waals surface area contributed by atoms with Gasteiger partial charge in [0.05, 0.1) is 6.61 Å².